The summed E-state index contributed by atoms with van der Waals surface area (Å²) in [5.74, 6) is -0.0325. The Kier molecular flexibility index (Phi) is 5.68. The van der Waals surface area contributed by atoms with E-state index in [2.05, 4.69) is 9.84 Å². The summed E-state index contributed by atoms with van der Waals surface area (Å²) in [6.07, 6.45) is 4.64. The van der Waals surface area contributed by atoms with E-state index in [-0.39, 0.29) is 17.3 Å². The lowest BCUT2D eigenvalue weighted by molar-refractivity contribution is -0.0514. The van der Waals surface area contributed by atoms with Crippen LogP contribution in [0.25, 0.3) is 6.08 Å². The number of halogens is 2. The van der Waals surface area contributed by atoms with Crippen molar-refractivity contribution in [2.45, 2.75) is 20.5 Å². The molecule has 0 spiro atoms. The fraction of sp³-hybridized carbons (Fsp3) is 0.294. The maximum Gasteiger partial charge on any atom is 0.387 e. The van der Waals surface area contributed by atoms with Crippen molar-refractivity contribution in [3.8, 4) is 11.5 Å². The fourth-order valence-corrected chi connectivity index (χ4v) is 2.19. The summed E-state index contributed by atoms with van der Waals surface area (Å²) in [5, 5.41) is 4.12. The van der Waals surface area contributed by atoms with Crippen LogP contribution in [0.2, 0.25) is 0 Å². The Bertz CT molecular complexity index is 754. The van der Waals surface area contributed by atoms with Crippen LogP contribution in [0.15, 0.2) is 30.5 Å². The van der Waals surface area contributed by atoms with E-state index >= 15 is 0 Å². The lowest BCUT2D eigenvalue weighted by Gasteiger charge is -2.11. The van der Waals surface area contributed by atoms with Gasteiger partial charge in [-0.25, -0.2) is 0 Å². The number of allylic oxidation sites excluding steroid dienone is 1. The maximum absolute atomic E-state index is 12.4. The van der Waals surface area contributed by atoms with Gasteiger partial charge in [0.1, 0.15) is 0 Å². The van der Waals surface area contributed by atoms with E-state index in [1.165, 1.54) is 12.1 Å². The first kappa shape index (κ1) is 17.7. The molecule has 0 aliphatic heterocycles. The highest BCUT2D eigenvalue weighted by Gasteiger charge is 2.12. The van der Waals surface area contributed by atoms with Crippen LogP contribution in [-0.2, 0) is 7.05 Å². The largest absolute Gasteiger partial charge is 0.490 e. The second-order valence-electron chi connectivity index (χ2n) is 5.02. The molecule has 1 aromatic carbocycles. The molecule has 5 nitrogen and oxygen atoms in total. The number of aromatic nitrogens is 2. The Labute approximate surface area is 138 Å². The molecule has 0 amide bonds. The van der Waals surface area contributed by atoms with Crippen LogP contribution in [0.3, 0.4) is 0 Å². The van der Waals surface area contributed by atoms with Gasteiger partial charge in [0.15, 0.2) is 17.3 Å². The molecular formula is C17H18F2N2O3. The zero-order valence-corrected chi connectivity index (χ0v) is 13.6. The van der Waals surface area contributed by atoms with Gasteiger partial charge in [0.05, 0.1) is 17.9 Å². The Morgan fingerprint density at radius 1 is 1.38 bits per heavy atom. The van der Waals surface area contributed by atoms with Crippen LogP contribution < -0.4 is 9.47 Å². The van der Waals surface area contributed by atoms with Gasteiger partial charge in [0, 0.05) is 13.2 Å². The van der Waals surface area contributed by atoms with Crippen LogP contribution in [0.4, 0.5) is 8.78 Å². The normalized spacial score (nSPS) is 11.2. The molecule has 0 aliphatic rings. The first-order valence-electron chi connectivity index (χ1n) is 7.35. The van der Waals surface area contributed by atoms with Gasteiger partial charge in [-0.1, -0.05) is 12.1 Å². The average Bonchev–Trinajstić information content (AvgIpc) is 2.85. The molecule has 1 heterocycles. The van der Waals surface area contributed by atoms with Crippen molar-refractivity contribution in [3.05, 3.63) is 47.3 Å². The Balaban J connectivity index is 2.21. The monoisotopic (exact) mass is 336 g/mol. The van der Waals surface area contributed by atoms with Gasteiger partial charge >= 0.3 is 6.61 Å². The Morgan fingerprint density at radius 3 is 2.71 bits per heavy atom. The molecule has 128 valence electrons. The van der Waals surface area contributed by atoms with Crippen molar-refractivity contribution in [1.29, 1.82) is 0 Å². The maximum atomic E-state index is 12.4. The second kappa shape index (κ2) is 7.72. The first-order valence-corrected chi connectivity index (χ1v) is 7.35. The summed E-state index contributed by atoms with van der Waals surface area (Å²) in [6.45, 7) is 0.870. The molecule has 0 saturated carbocycles. The summed E-state index contributed by atoms with van der Waals surface area (Å²) in [7, 11) is 1.74. The predicted molar refractivity (Wildman–Crippen MR) is 85.6 cm³/mol. The Hall–Kier alpha value is -2.70. The molecule has 24 heavy (non-hydrogen) atoms. The molecule has 2 aromatic rings. The number of rotatable bonds is 7. The van der Waals surface area contributed by atoms with Gasteiger partial charge in [-0.3, -0.25) is 9.48 Å². The van der Waals surface area contributed by atoms with Crippen molar-refractivity contribution in [3.63, 3.8) is 0 Å². The van der Waals surface area contributed by atoms with Crippen LogP contribution in [0, 0.1) is 6.92 Å². The highest BCUT2D eigenvalue weighted by molar-refractivity contribution is 6.07. The van der Waals surface area contributed by atoms with E-state index in [0.717, 1.165) is 0 Å². The molecule has 7 heteroatoms. The SMILES string of the molecule is CCOc1cc(C=CC(=O)c2cn(C)nc2C)ccc1OC(F)F. The number of hydrogen-bond acceptors (Lipinski definition) is 4. The second-order valence-corrected chi connectivity index (χ2v) is 5.02. The summed E-state index contributed by atoms with van der Waals surface area (Å²) in [5.41, 5.74) is 1.79. The molecule has 0 unspecified atom stereocenters. The summed E-state index contributed by atoms with van der Waals surface area (Å²) < 4.78 is 36.0. The zero-order chi connectivity index (χ0) is 17.7. The van der Waals surface area contributed by atoms with Crippen LogP contribution in [0.1, 0.15) is 28.5 Å². The van der Waals surface area contributed by atoms with Gasteiger partial charge < -0.3 is 9.47 Å². The van der Waals surface area contributed by atoms with Gasteiger partial charge in [0.25, 0.3) is 0 Å². The van der Waals surface area contributed by atoms with Crippen molar-refractivity contribution in [2.75, 3.05) is 6.61 Å². The number of ketones is 1. The quantitative estimate of drug-likeness (QED) is 0.572. The molecular weight excluding hydrogens is 318 g/mol. The lowest BCUT2D eigenvalue weighted by Crippen LogP contribution is -2.04. The van der Waals surface area contributed by atoms with E-state index < -0.39 is 6.61 Å². The molecule has 0 atom stereocenters. The highest BCUT2D eigenvalue weighted by Crippen LogP contribution is 2.30. The molecule has 2 rings (SSSR count). The van der Waals surface area contributed by atoms with Crippen molar-refractivity contribution in [1.82, 2.24) is 9.78 Å². The third-order valence-corrected chi connectivity index (χ3v) is 3.19. The number of hydrogen-bond donors (Lipinski definition) is 0. The lowest BCUT2D eigenvalue weighted by atomic mass is 10.1. The van der Waals surface area contributed by atoms with E-state index in [4.69, 9.17) is 4.74 Å². The number of carbonyl (C=O) groups is 1. The minimum atomic E-state index is -2.93. The summed E-state index contributed by atoms with van der Waals surface area (Å²) in [6, 6.07) is 4.50. The topological polar surface area (TPSA) is 53.4 Å². The van der Waals surface area contributed by atoms with Crippen LogP contribution in [0.5, 0.6) is 11.5 Å². The number of benzene rings is 1. The van der Waals surface area contributed by atoms with E-state index in [0.29, 0.717) is 23.4 Å². The molecule has 0 saturated heterocycles. The Morgan fingerprint density at radius 2 is 2.12 bits per heavy atom. The van der Waals surface area contributed by atoms with Crippen molar-refractivity contribution < 1.29 is 23.0 Å². The standard InChI is InChI=1S/C17H18F2N2O3/c1-4-23-16-9-12(6-8-15(16)24-17(18)19)5-7-14(22)13-10-21(3)20-11(13)2/h5-10,17H,4H2,1-3H3. The van der Waals surface area contributed by atoms with Gasteiger partial charge in [-0.15, -0.1) is 0 Å². The first-order chi connectivity index (χ1) is 11.4. The number of aryl methyl sites for hydroxylation is 2. The molecule has 0 fully saturated rings. The molecule has 0 radical (unpaired) electrons. The molecule has 1 aromatic heterocycles. The third-order valence-electron chi connectivity index (χ3n) is 3.19. The van der Waals surface area contributed by atoms with E-state index in [1.807, 2.05) is 0 Å². The summed E-state index contributed by atoms with van der Waals surface area (Å²) >= 11 is 0. The highest BCUT2D eigenvalue weighted by atomic mass is 19.3. The minimum Gasteiger partial charge on any atom is -0.490 e. The van der Waals surface area contributed by atoms with E-state index in [1.54, 1.807) is 50.0 Å². The molecule has 0 bridgehead atoms. The fourth-order valence-electron chi connectivity index (χ4n) is 2.19. The zero-order valence-electron chi connectivity index (χ0n) is 13.6. The minimum absolute atomic E-state index is 0.0431. The molecule has 0 aliphatic carbocycles. The molecule has 0 N–H and O–H groups in total. The average molecular weight is 336 g/mol. The van der Waals surface area contributed by atoms with Gasteiger partial charge in [-0.05, 0) is 37.6 Å². The third kappa shape index (κ3) is 4.41. The van der Waals surface area contributed by atoms with Crippen molar-refractivity contribution >= 4 is 11.9 Å². The number of carbonyl (C=O) groups excluding carboxylic acids is 1. The number of ether oxygens (including phenoxy) is 2. The summed E-state index contributed by atoms with van der Waals surface area (Å²) in [4.78, 5) is 12.2. The number of alkyl halides is 2. The van der Waals surface area contributed by atoms with Crippen molar-refractivity contribution in [2.24, 2.45) is 7.05 Å². The van der Waals surface area contributed by atoms with Crippen LogP contribution in [-0.4, -0.2) is 28.8 Å². The van der Waals surface area contributed by atoms with Gasteiger partial charge in [0.2, 0.25) is 0 Å². The van der Waals surface area contributed by atoms with Gasteiger partial charge in [-0.2, -0.15) is 13.9 Å². The smallest absolute Gasteiger partial charge is 0.387 e. The predicted octanol–water partition coefficient (Wildman–Crippen LogP) is 3.62. The number of nitrogens with zero attached hydrogens (tertiary/aromatic N) is 2. The van der Waals surface area contributed by atoms with E-state index in [9.17, 15) is 13.6 Å². The van der Waals surface area contributed by atoms with Crippen LogP contribution >= 0.6 is 0 Å².